The van der Waals surface area contributed by atoms with E-state index < -0.39 is 0 Å². The molecule has 3 aliphatic rings. The van der Waals surface area contributed by atoms with E-state index >= 15 is 0 Å². The molecule has 3 aliphatic carbocycles. The van der Waals surface area contributed by atoms with Gasteiger partial charge in [0.2, 0.25) is 0 Å². The van der Waals surface area contributed by atoms with Crippen molar-refractivity contribution in [3.63, 3.8) is 0 Å². The summed E-state index contributed by atoms with van der Waals surface area (Å²) in [5.74, 6) is 3.94. The third-order valence-corrected chi connectivity index (χ3v) is 5.61. The van der Waals surface area contributed by atoms with E-state index in [4.69, 9.17) is 5.73 Å². The quantitative estimate of drug-likeness (QED) is 0.778. The summed E-state index contributed by atoms with van der Waals surface area (Å²) in [7, 11) is 0. The van der Waals surface area contributed by atoms with Gasteiger partial charge in [-0.2, -0.15) is 0 Å². The minimum absolute atomic E-state index is 0.741. The Morgan fingerprint density at radius 1 is 1.17 bits per heavy atom. The van der Waals surface area contributed by atoms with Crippen LogP contribution < -0.4 is 5.73 Å². The van der Waals surface area contributed by atoms with Gasteiger partial charge in [0.25, 0.3) is 0 Å². The van der Waals surface area contributed by atoms with Crippen molar-refractivity contribution in [2.24, 2.45) is 23.7 Å². The fourth-order valence-electron chi connectivity index (χ4n) is 4.94. The van der Waals surface area contributed by atoms with E-state index in [0.717, 1.165) is 40.9 Å². The lowest BCUT2D eigenvalue weighted by atomic mass is 10.0. The molecule has 0 aliphatic heterocycles. The second-order valence-corrected chi connectivity index (χ2v) is 6.38. The lowest BCUT2D eigenvalue weighted by molar-refractivity contribution is 0.456. The largest absolute Gasteiger partial charge is 0.399 e. The summed E-state index contributed by atoms with van der Waals surface area (Å²) in [6, 6.07) is 6.85. The van der Waals surface area contributed by atoms with Crippen LogP contribution in [-0.4, -0.2) is 9.55 Å². The number of anilines is 1. The minimum atomic E-state index is 0.741. The molecule has 0 saturated heterocycles. The van der Waals surface area contributed by atoms with Crippen molar-refractivity contribution in [1.29, 1.82) is 0 Å². The van der Waals surface area contributed by atoms with Gasteiger partial charge in [0, 0.05) is 11.7 Å². The summed E-state index contributed by atoms with van der Waals surface area (Å²) in [6.45, 7) is 0. The SMILES string of the molecule is Nc1ccc2c(c1)ncn2C1C2C3CCC(C3)C21. The summed E-state index contributed by atoms with van der Waals surface area (Å²) in [4.78, 5) is 4.52. The zero-order valence-electron chi connectivity index (χ0n) is 10.3. The Morgan fingerprint density at radius 3 is 2.72 bits per heavy atom. The Bertz CT molecular complexity index is 628. The number of nitrogens with zero attached hydrogens (tertiary/aromatic N) is 2. The third-order valence-electron chi connectivity index (χ3n) is 5.61. The third kappa shape index (κ3) is 0.995. The van der Waals surface area contributed by atoms with E-state index in [1.165, 1.54) is 24.8 Å². The van der Waals surface area contributed by atoms with Crippen molar-refractivity contribution in [3.8, 4) is 0 Å². The van der Waals surface area contributed by atoms with E-state index in [9.17, 15) is 0 Å². The van der Waals surface area contributed by atoms with E-state index in [1.54, 1.807) is 0 Å². The Hall–Kier alpha value is -1.51. The fraction of sp³-hybridized carbons (Fsp3) is 0.533. The van der Waals surface area contributed by atoms with Crippen LogP contribution in [0.4, 0.5) is 5.69 Å². The molecule has 2 bridgehead atoms. The van der Waals surface area contributed by atoms with Crippen LogP contribution in [0.1, 0.15) is 25.3 Å². The number of nitrogens with two attached hydrogens (primary N) is 1. The zero-order chi connectivity index (χ0) is 11.9. The molecule has 5 rings (SSSR count). The number of nitrogen functional groups attached to an aromatic ring is 1. The van der Waals surface area contributed by atoms with E-state index in [1.807, 2.05) is 18.5 Å². The highest BCUT2D eigenvalue weighted by molar-refractivity contribution is 5.79. The highest BCUT2D eigenvalue weighted by Gasteiger charge is 2.65. The standard InChI is InChI=1S/C15H17N3/c16-10-3-4-12-11(6-10)17-7-18(12)15-13-8-1-2-9(5-8)14(13)15/h3-4,6-9,13-15H,1-2,5,16H2. The van der Waals surface area contributed by atoms with Crippen LogP contribution in [0.15, 0.2) is 24.5 Å². The van der Waals surface area contributed by atoms with Crippen LogP contribution in [0, 0.1) is 23.7 Å². The minimum Gasteiger partial charge on any atom is -0.399 e. The first kappa shape index (κ1) is 9.42. The smallest absolute Gasteiger partial charge is 0.0961 e. The van der Waals surface area contributed by atoms with Gasteiger partial charge in [-0.15, -0.1) is 0 Å². The number of imidazole rings is 1. The predicted octanol–water partition coefficient (Wildman–Crippen LogP) is 2.84. The average molecular weight is 239 g/mol. The van der Waals surface area contributed by atoms with Crippen molar-refractivity contribution >= 4 is 16.7 Å². The van der Waals surface area contributed by atoms with Crippen LogP contribution >= 0.6 is 0 Å². The molecule has 4 unspecified atom stereocenters. The van der Waals surface area contributed by atoms with E-state index in [0.29, 0.717) is 0 Å². The summed E-state index contributed by atoms with van der Waals surface area (Å²) in [5, 5.41) is 0. The molecule has 0 amide bonds. The molecular weight excluding hydrogens is 222 g/mol. The van der Waals surface area contributed by atoms with Gasteiger partial charge in [-0.05, 0) is 61.1 Å². The first-order chi connectivity index (χ1) is 8.83. The molecule has 0 radical (unpaired) electrons. The normalized spacial score (nSPS) is 40.3. The van der Waals surface area contributed by atoms with E-state index in [-0.39, 0.29) is 0 Å². The topological polar surface area (TPSA) is 43.8 Å². The molecular formula is C15H17N3. The van der Waals surface area contributed by atoms with Gasteiger partial charge < -0.3 is 10.3 Å². The second kappa shape index (κ2) is 2.90. The summed E-state index contributed by atoms with van der Waals surface area (Å²) < 4.78 is 2.43. The first-order valence-electron chi connectivity index (χ1n) is 7.05. The van der Waals surface area contributed by atoms with Crippen molar-refractivity contribution in [2.75, 3.05) is 5.73 Å². The van der Waals surface area contributed by atoms with Crippen molar-refractivity contribution in [2.45, 2.75) is 25.3 Å². The van der Waals surface area contributed by atoms with Gasteiger partial charge in [-0.3, -0.25) is 0 Å². The molecule has 2 N–H and O–H groups in total. The maximum Gasteiger partial charge on any atom is 0.0961 e. The van der Waals surface area contributed by atoms with Crippen LogP contribution in [0.2, 0.25) is 0 Å². The number of aromatic nitrogens is 2. The summed E-state index contributed by atoms with van der Waals surface area (Å²) in [5.41, 5.74) is 8.95. The number of fused-ring (bicyclic) bond motifs is 6. The maximum absolute atomic E-state index is 5.82. The number of benzene rings is 1. The van der Waals surface area contributed by atoms with Crippen LogP contribution in [-0.2, 0) is 0 Å². The van der Waals surface area contributed by atoms with Crippen molar-refractivity contribution < 1.29 is 0 Å². The second-order valence-electron chi connectivity index (χ2n) is 6.38. The fourth-order valence-corrected chi connectivity index (χ4v) is 4.94. The molecule has 3 nitrogen and oxygen atoms in total. The van der Waals surface area contributed by atoms with Gasteiger partial charge in [-0.25, -0.2) is 4.98 Å². The number of hydrogen-bond acceptors (Lipinski definition) is 2. The zero-order valence-corrected chi connectivity index (χ0v) is 10.3. The highest BCUT2D eigenvalue weighted by Crippen LogP contribution is 2.71. The Morgan fingerprint density at radius 2 is 1.94 bits per heavy atom. The Balaban J connectivity index is 1.60. The molecule has 4 atom stereocenters. The van der Waals surface area contributed by atoms with Crippen LogP contribution in [0.25, 0.3) is 11.0 Å². The summed E-state index contributed by atoms with van der Waals surface area (Å²) in [6.07, 6.45) is 6.49. The molecule has 3 saturated carbocycles. The van der Waals surface area contributed by atoms with Crippen LogP contribution in [0.3, 0.4) is 0 Å². The lowest BCUT2D eigenvalue weighted by Crippen LogP contribution is -2.03. The molecule has 3 heteroatoms. The van der Waals surface area contributed by atoms with Gasteiger partial charge in [0.05, 0.1) is 17.4 Å². The summed E-state index contributed by atoms with van der Waals surface area (Å²) >= 11 is 0. The predicted molar refractivity (Wildman–Crippen MR) is 71.0 cm³/mol. The Kier molecular flexibility index (Phi) is 1.52. The monoisotopic (exact) mass is 239 g/mol. The van der Waals surface area contributed by atoms with E-state index in [2.05, 4.69) is 15.6 Å². The molecule has 3 fully saturated rings. The van der Waals surface area contributed by atoms with Crippen LogP contribution in [0.5, 0.6) is 0 Å². The molecule has 0 spiro atoms. The number of rotatable bonds is 1. The average Bonchev–Trinajstić information content (AvgIpc) is 2.76. The molecule has 92 valence electrons. The van der Waals surface area contributed by atoms with Gasteiger partial charge in [-0.1, -0.05) is 0 Å². The van der Waals surface area contributed by atoms with Gasteiger partial charge in [0.1, 0.15) is 0 Å². The number of hydrogen-bond donors (Lipinski definition) is 1. The van der Waals surface area contributed by atoms with Crippen molar-refractivity contribution in [1.82, 2.24) is 9.55 Å². The maximum atomic E-state index is 5.82. The molecule has 18 heavy (non-hydrogen) atoms. The van der Waals surface area contributed by atoms with Gasteiger partial charge in [0.15, 0.2) is 0 Å². The molecule has 2 aromatic rings. The molecule has 1 aromatic carbocycles. The van der Waals surface area contributed by atoms with Crippen molar-refractivity contribution in [3.05, 3.63) is 24.5 Å². The Labute approximate surface area is 106 Å². The van der Waals surface area contributed by atoms with Gasteiger partial charge >= 0.3 is 0 Å². The molecule has 1 aromatic heterocycles. The first-order valence-corrected chi connectivity index (χ1v) is 7.05. The lowest BCUT2D eigenvalue weighted by Gasteiger charge is -2.10. The molecule has 1 heterocycles. The highest BCUT2D eigenvalue weighted by atomic mass is 15.1.